The molecular formula is C34H36N2O3. The van der Waals surface area contributed by atoms with Crippen LogP contribution in [-0.4, -0.2) is 44.0 Å². The third kappa shape index (κ3) is 6.32. The van der Waals surface area contributed by atoms with E-state index < -0.39 is 0 Å². The molecule has 0 unspecified atom stereocenters. The first-order valence-electron chi connectivity index (χ1n) is 13.5. The predicted octanol–water partition coefficient (Wildman–Crippen LogP) is 6.82. The smallest absolute Gasteiger partial charge is 0.167 e. The first-order valence-corrected chi connectivity index (χ1v) is 13.5. The Morgan fingerprint density at radius 3 is 2.33 bits per heavy atom. The van der Waals surface area contributed by atoms with Crippen LogP contribution in [0.4, 0.5) is 5.69 Å². The summed E-state index contributed by atoms with van der Waals surface area (Å²) in [6, 6.07) is 27.9. The van der Waals surface area contributed by atoms with Gasteiger partial charge in [0.25, 0.3) is 0 Å². The van der Waals surface area contributed by atoms with Crippen LogP contribution in [0.25, 0.3) is 22.3 Å². The summed E-state index contributed by atoms with van der Waals surface area (Å²) in [5, 5.41) is 0. The number of carbonyl (C=O) groups excluding carboxylic acids is 1. The molecule has 2 N–H and O–H groups in total. The fourth-order valence-corrected chi connectivity index (χ4v) is 5.15. The van der Waals surface area contributed by atoms with Crippen LogP contribution in [0.3, 0.4) is 0 Å². The van der Waals surface area contributed by atoms with Crippen LogP contribution in [-0.2, 0) is 6.42 Å². The molecule has 0 aliphatic carbocycles. The van der Waals surface area contributed by atoms with Crippen LogP contribution >= 0.6 is 0 Å². The molecule has 0 saturated carbocycles. The van der Waals surface area contributed by atoms with Crippen LogP contribution in [0.1, 0.15) is 34.3 Å². The molecule has 5 rings (SSSR count). The van der Waals surface area contributed by atoms with Gasteiger partial charge in [0.15, 0.2) is 5.78 Å². The van der Waals surface area contributed by atoms with Gasteiger partial charge in [0.1, 0.15) is 17.6 Å². The molecule has 1 saturated heterocycles. The lowest BCUT2D eigenvalue weighted by atomic mass is 9.95. The second-order valence-corrected chi connectivity index (χ2v) is 10.4. The van der Waals surface area contributed by atoms with Gasteiger partial charge in [0.2, 0.25) is 0 Å². The van der Waals surface area contributed by atoms with Crippen LogP contribution in [0.5, 0.6) is 11.5 Å². The highest BCUT2D eigenvalue weighted by atomic mass is 16.5. The van der Waals surface area contributed by atoms with Gasteiger partial charge in [-0.3, -0.25) is 4.79 Å². The summed E-state index contributed by atoms with van der Waals surface area (Å²) in [5.41, 5.74) is 13.6. The molecule has 0 radical (unpaired) electrons. The van der Waals surface area contributed by atoms with E-state index in [1.165, 1.54) is 0 Å². The van der Waals surface area contributed by atoms with Crippen molar-refractivity contribution in [3.8, 4) is 33.8 Å². The zero-order chi connectivity index (χ0) is 27.4. The first kappa shape index (κ1) is 26.5. The minimum Gasteiger partial charge on any atom is -0.496 e. The van der Waals surface area contributed by atoms with Crippen LogP contribution in [0.2, 0.25) is 0 Å². The average molecular weight is 521 g/mol. The Kier molecular flexibility index (Phi) is 7.99. The minimum absolute atomic E-state index is 0.0152. The van der Waals surface area contributed by atoms with Crippen LogP contribution in [0, 0.1) is 6.92 Å². The van der Waals surface area contributed by atoms with Crippen molar-refractivity contribution in [3.63, 3.8) is 0 Å². The molecule has 1 aliphatic rings. The van der Waals surface area contributed by atoms with E-state index in [0.717, 1.165) is 70.8 Å². The number of likely N-dealkylation sites (tertiary alicyclic amines) is 1. The monoisotopic (exact) mass is 520 g/mol. The lowest BCUT2D eigenvalue weighted by Crippen LogP contribution is -2.35. The number of benzene rings is 4. The Balaban J connectivity index is 1.28. The molecule has 1 fully saturated rings. The molecule has 1 heterocycles. The van der Waals surface area contributed by atoms with E-state index in [-0.39, 0.29) is 18.3 Å². The molecular weight excluding hydrogens is 484 g/mol. The minimum atomic E-state index is 0.0152. The number of anilines is 1. The highest BCUT2D eigenvalue weighted by Crippen LogP contribution is 2.32. The molecule has 0 atom stereocenters. The number of hydrogen-bond donors (Lipinski definition) is 1. The fourth-order valence-electron chi connectivity index (χ4n) is 5.15. The van der Waals surface area contributed by atoms with Gasteiger partial charge in [-0.25, -0.2) is 0 Å². The summed E-state index contributed by atoms with van der Waals surface area (Å²) in [6.45, 7) is 4.20. The zero-order valence-electron chi connectivity index (χ0n) is 22.9. The molecule has 0 bridgehead atoms. The van der Waals surface area contributed by atoms with E-state index >= 15 is 0 Å². The number of piperidine rings is 1. The average Bonchev–Trinajstić information content (AvgIpc) is 2.95. The molecule has 0 amide bonds. The summed E-state index contributed by atoms with van der Waals surface area (Å²) < 4.78 is 11.8. The maximum Gasteiger partial charge on any atom is 0.167 e. The van der Waals surface area contributed by atoms with E-state index in [4.69, 9.17) is 15.2 Å². The Morgan fingerprint density at radius 2 is 1.64 bits per heavy atom. The highest BCUT2D eigenvalue weighted by molar-refractivity contribution is 5.99. The standard InChI is InChI=1S/C34H36N2O3/c1-23-5-4-6-26(19-23)31-20-28(11-14-34(31)38-3)33(37)22-27-8-7-25(21-32(27)35)24-9-12-29(13-10-24)39-30-15-17-36(2)18-16-30/h4-14,19-21,30H,15-18,22,35H2,1-3H3. The van der Waals surface area contributed by atoms with E-state index in [2.05, 4.69) is 43.1 Å². The number of rotatable bonds is 8. The summed E-state index contributed by atoms with van der Waals surface area (Å²) in [7, 11) is 3.80. The summed E-state index contributed by atoms with van der Waals surface area (Å²) in [4.78, 5) is 15.6. The third-order valence-electron chi connectivity index (χ3n) is 7.50. The summed E-state index contributed by atoms with van der Waals surface area (Å²) >= 11 is 0. The molecule has 0 spiro atoms. The maximum atomic E-state index is 13.3. The maximum absolute atomic E-state index is 13.3. The highest BCUT2D eigenvalue weighted by Gasteiger charge is 2.18. The second-order valence-electron chi connectivity index (χ2n) is 10.4. The number of nitrogen functional groups attached to an aromatic ring is 1. The summed E-state index contributed by atoms with van der Waals surface area (Å²) in [6.07, 6.45) is 2.62. The van der Waals surface area contributed by atoms with Crippen LogP contribution < -0.4 is 15.2 Å². The van der Waals surface area contributed by atoms with Gasteiger partial charge in [0.05, 0.1) is 7.11 Å². The first-order chi connectivity index (χ1) is 18.9. The van der Waals surface area contributed by atoms with E-state index in [1.807, 2.05) is 60.7 Å². The number of Topliss-reactive ketones (excluding diaryl/α,β-unsaturated/α-hetero) is 1. The van der Waals surface area contributed by atoms with Crippen molar-refractivity contribution < 1.29 is 14.3 Å². The second kappa shape index (κ2) is 11.7. The van der Waals surface area contributed by atoms with E-state index in [1.54, 1.807) is 7.11 Å². The molecule has 5 heteroatoms. The lowest BCUT2D eigenvalue weighted by molar-refractivity contribution is 0.0993. The molecule has 1 aliphatic heterocycles. The Labute approximate surface area is 231 Å². The number of carbonyl (C=O) groups is 1. The van der Waals surface area contributed by atoms with Gasteiger partial charge in [-0.05, 0) is 85.5 Å². The van der Waals surface area contributed by atoms with Gasteiger partial charge in [-0.15, -0.1) is 0 Å². The van der Waals surface area contributed by atoms with Gasteiger partial charge >= 0.3 is 0 Å². The van der Waals surface area contributed by atoms with E-state index in [0.29, 0.717) is 11.3 Å². The van der Waals surface area contributed by atoms with Gasteiger partial charge in [-0.2, -0.15) is 0 Å². The Morgan fingerprint density at radius 1 is 0.897 bits per heavy atom. The number of ketones is 1. The zero-order valence-corrected chi connectivity index (χ0v) is 22.9. The molecule has 5 nitrogen and oxygen atoms in total. The molecule has 0 aromatic heterocycles. The van der Waals surface area contributed by atoms with Crippen molar-refractivity contribution in [3.05, 3.63) is 102 Å². The van der Waals surface area contributed by atoms with Gasteiger partial charge in [0, 0.05) is 36.3 Å². The quantitative estimate of drug-likeness (QED) is 0.204. The number of methoxy groups -OCH3 is 1. The third-order valence-corrected chi connectivity index (χ3v) is 7.50. The van der Waals surface area contributed by atoms with E-state index in [9.17, 15) is 4.79 Å². The largest absolute Gasteiger partial charge is 0.496 e. The van der Waals surface area contributed by atoms with Crippen molar-refractivity contribution >= 4 is 11.5 Å². The SMILES string of the molecule is COc1ccc(C(=O)Cc2ccc(-c3ccc(OC4CCN(C)CC4)cc3)cc2N)cc1-c1cccc(C)c1. The normalized spacial score (nSPS) is 14.2. The van der Waals surface area contributed by atoms with Crippen molar-refractivity contribution in [2.24, 2.45) is 0 Å². The van der Waals surface area contributed by atoms with Crippen LogP contribution in [0.15, 0.2) is 84.9 Å². The molecule has 39 heavy (non-hydrogen) atoms. The Bertz CT molecular complexity index is 1450. The number of nitrogens with two attached hydrogens (primary N) is 1. The topological polar surface area (TPSA) is 64.8 Å². The van der Waals surface area contributed by atoms with Gasteiger partial charge in [-0.1, -0.05) is 54.1 Å². The van der Waals surface area contributed by atoms with Crippen molar-refractivity contribution in [2.45, 2.75) is 32.3 Å². The molecule has 4 aromatic carbocycles. The molecule has 200 valence electrons. The lowest BCUT2D eigenvalue weighted by Gasteiger charge is -2.29. The Hall–Kier alpha value is -4.09. The van der Waals surface area contributed by atoms with Gasteiger partial charge < -0.3 is 20.1 Å². The molecule has 4 aromatic rings. The van der Waals surface area contributed by atoms with Crippen molar-refractivity contribution in [1.82, 2.24) is 4.90 Å². The predicted molar refractivity (Wildman–Crippen MR) is 159 cm³/mol. The van der Waals surface area contributed by atoms with Crippen molar-refractivity contribution in [2.75, 3.05) is 33.0 Å². The number of aryl methyl sites for hydroxylation is 1. The number of nitrogens with zero attached hydrogens (tertiary/aromatic N) is 1. The summed E-state index contributed by atoms with van der Waals surface area (Å²) in [5.74, 6) is 1.65. The van der Waals surface area contributed by atoms with Crippen molar-refractivity contribution in [1.29, 1.82) is 0 Å². The fraction of sp³-hybridized carbons (Fsp3) is 0.265. The number of ether oxygens (including phenoxy) is 2. The number of hydrogen-bond acceptors (Lipinski definition) is 5.